The first-order valence-corrected chi connectivity index (χ1v) is 7.24. The Bertz CT molecular complexity index is 306. The molecule has 18 heavy (non-hydrogen) atoms. The summed E-state index contributed by atoms with van der Waals surface area (Å²) >= 11 is 0. The molecular weight excluding hydrogens is 228 g/mol. The quantitative estimate of drug-likeness (QED) is 0.831. The first kappa shape index (κ1) is 13.8. The van der Waals surface area contributed by atoms with Crippen LogP contribution in [0.2, 0.25) is 0 Å². The fourth-order valence-corrected chi connectivity index (χ4v) is 3.15. The monoisotopic (exact) mass is 254 g/mol. The van der Waals surface area contributed by atoms with Gasteiger partial charge in [0.25, 0.3) is 0 Å². The smallest absolute Gasteiger partial charge is 0.241 e. The topological polar surface area (TPSA) is 41.6 Å². The number of amides is 1. The average molecular weight is 254 g/mol. The molecule has 0 bridgehead atoms. The summed E-state index contributed by atoms with van der Waals surface area (Å²) in [7, 11) is 0. The van der Waals surface area contributed by atoms with Gasteiger partial charge in [0.1, 0.15) is 0 Å². The number of rotatable bonds is 4. The SMILES string of the molecule is CCC1NC(CC(C)C)C(=O)N1C1CCOC1C. The van der Waals surface area contributed by atoms with E-state index in [1.54, 1.807) is 0 Å². The van der Waals surface area contributed by atoms with Crippen LogP contribution >= 0.6 is 0 Å². The minimum Gasteiger partial charge on any atom is -0.376 e. The Morgan fingerprint density at radius 3 is 2.72 bits per heavy atom. The predicted octanol–water partition coefficient (Wildman–Crippen LogP) is 1.75. The lowest BCUT2D eigenvalue weighted by atomic mass is 10.0. The van der Waals surface area contributed by atoms with E-state index >= 15 is 0 Å². The molecule has 2 rings (SSSR count). The second kappa shape index (κ2) is 5.57. The molecule has 0 aromatic carbocycles. The van der Waals surface area contributed by atoms with Crippen LogP contribution in [0.15, 0.2) is 0 Å². The van der Waals surface area contributed by atoms with Crippen molar-refractivity contribution in [3.63, 3.8) is 0 Å². The van der Waals surface area contributed by atoms with Gasteiger partial charge in [0.2, 0.25) is 5.91 Å². The highest BCUT2D eigenvalue weighted by atomic mass is 16.5. The van der Waals surface area contributed by atoms with Crippen LogP contribution in [-0.4, -0.2) is 41.8 Å². The number of nitrogens with zero attached hydrogens (tertiary/aromatic N) is 1. The molecule has 2 heterocycles. The molecule has 0 saturated carbocycles. The zero-order valence-electron chi connectivity index (χ0n) is 12.0. The first-order chi connectivity index (χ1) is 8.54. The number of carbonyl (C=O) groups excluding carboxylic acids is 1. The van der Waals surface area contributed by atoms with Gasteiger partial charge in [-0.05, 0) is 32.1 Å². The van der Waals surface area contributed by atoms with Gasteiger partial charge in [0.05, 0.1) is 24.4 Å². The highest BCUT2D eigenvalue weighted by Crippen LogP contribution is 2.27. The molecular formula is C14H26N2O2. The Labute approximate surface area is 110 Å². The van der Waals surface area contributed by atoms with Gasteiger partial charge in [0, 0.05) is 6.61 Å². The van der Waals surface area contributed by atoms with Crippen LogP contribution in [-0.2, 0) is 9.53 Å². The average Bonchev–Trinajstić information content (AvgIpc) is 2.83. The summed E-state index contributed by atoms with van der Waals surface area (Å²) in [6.45, 7) is 9.32. The molecule has 2 saturated heterocycles. The van der Waals surface area contributed by atoms with E-state index in [0.717, 1.165) is 25.9 Å². The summed E-state index contributed by atoms with van der Waals surface area (Å²) in [5, 5.41) is 3.49. The predicted molar refractivity (Wildman–Crippen MR) is 71.1 cm³/mol. The minimum atomic E-state index is 0.00255. The first-order valence-electron chi connectivity index (χ1n) is 7.24. The molecule has 0 radical (unpaired) electrons. The molecule has 0 aromatic heterocycles. The molecule has 2 aliphatic rings. The number of nitrogens with one attached hydrogen (secondary N) is 1. The summed E-state index contributed by atoms with van der Waals surface area (Å²) in [5.41, 5.74) is 0. The van der Waals surface area contributed by atoms with E-state index in [1.165, 1.54) is 0 Å². The van der Waals surface area contributed by atoms with Crippen LogP contribution in [0, 0.1) is 5.92 Å². The van der Waals surface area contributed by atoms with Crippen LogP contribution in [0.1, 0.15) is 47.0 Å². The maximum atomic E-state index is 12.6. The van der Waals surface area contributed by atoms with Crippen molar-refractivity contribution in [3.8, 4) is 0 Å². The van der Waals surface area contributed by atoms with E-state index in [-0.39, 0.29) is 30.3 Å². The zero-order valence-corrected chi connectivity index (χ0v) is 12.0. The van der Waals surface area contributed by atoms with Gasteiger partial charge in [-0.2, -0.15) is 0 Å². The third kappa shape index (κ3) is 2.54. The Balaban J connectivity index is 2.10. The van der Waals surface area contributed by atoms with E-state index in [2.05, 4.69) is 37.9 Å². The van der Waals surface area contributed by atoms with Crippen molar-refractivity contribution in [2.75, 3.05) is 6.61 Å². The summed E-state index contributed by atoms with van der Waals surface area (Å²) in [6, 6.07) is 0.259. The third-order valence-corrected chi connectivity index (χ3v) is 4.07. The maximum absolute atomic E-state index is 12.6. The lowest BCUT2D eigenvalue weighted by Crippen LogP contribution is -2.47. The molecule has 4 atom stereocenters. The van der Waals surface area contributed by atoms with Gasteiger partial charge >= 0.3 is 0 Å². The van der Waals surface area contributed by atoms with Gasteiger partial charge in [-0.25, -0.2) is 0 Å². The Morgan fingerprint density at radius 2 is 2.22 bits per heavy atom. The molecule has 2 fully saturated rings. The van der Waals surface area contributed by atoms with E-state index < -0.39 is 0 Å². The van der Waals surface area contributed by atoms with Gasteiger partial charge in [-0.1, -0.05) is 20.8 Å². The van der Waals surface area contributed by atoms with Crippen molar-refractivity contribution in [2.45, 2.75) is 71.3 Å². The lowest BCUT2D eigenvalue weighted by Gasteiger charge is -2.31. The molecule has 4 heteroatoms. The number of carbonyl (C=O) groups is 1. The molecule has 0 aliphatic carbocycles. The normalized spacial score (nSPS) is 36.9. The molecule has 4 nitrogen and oxygen atoms in total. The number of ether oxygens (including phenoxy) is 1. The van der Waals surface area contributed by atoms with Gasteiger partial charge < -0.3 is 9.64 Å². The Morgan fingerprint density at radius 1 is 1.50 bits per heavy atom. The van der Waals surface area contributed by atoms with Crippen LogP contribution in [0.4, 0.5) is 0 Å². The molecule has 1 amide bonds. The summed E-state index contributed by atoms with van der Waals surface area (Å²) in [6.07, 6.45) is 3.22. The standard InChI is InChI=1S/C14H26N2O2/c1-5-13-15-11(8-9(2)3)14(17)16(13)12-6-7-18-10(12)4/h9-13,15H,5-8H2,1-4H3. The van der Waals surface area contributed by atoms with E-state index in [9.17, 15) is 4.79 Å². The van der Waals surface area contributed by atoms with E-state index in [0.29, 0.717) is 5.92 Å². The minimum absolute atomic E-state index is 0.00255. The Hall–Kier alpha value is -0.610. The summed E-state index contributed by atoms with van der Waals surface area (Å²) in [4.78, 5) is 14.6. The van der Waals surface area contributed by atoms with Crippen molar-refractivity contribution < 1.29 is 9.53 Å². The molecule has 2 aliphatic heterocycles. The molecule has 0 spiro atoms. The summed E-state index contributed by atoms with van der Waals surface area (Å²) in [5.74, 6) is 0.819. The highest BCUT2D eigenvalue weighted by Gasteiger charge is 2.44. The highest BCUT2D eigenvalue weighted by molar-refractivity contribution is 5.84. The van der Waals surface area contributed by atoms with Crippen molar-refractivity contribution in [1.82, 2.24) is 10.2 Å². The molecule has 104 valence electrons. The lowest BCUT2D eigenvalue weighted by molar-refractivity contribution is -0.133. The van der Waals surface area contributed by atoms with Gasteiger partial charge in [0.15, 0.2) is 0 Å². The van der Waals surface area contributed by atoms with Crippen molar-refractivity contribution in [1.29, 1.82) is 0 Å². The number of hydrogen-bond donors (Lipinski definition) is 1. The van der Waals surface area contributed by atoms with Gasteiger partial charge in [-0.3, -0.25) is 10.1 Å². The molecule has 4 unspecified atom stereocenters. The van der Waals surface area contributed by atoms with Crippen molar-refractivity contribution >= 4 is 5.91 Å². The summed E-state index contributed by atoms with van der Waals surface area (Å²) < 4.78 is 5.61. The largest absolute Gasteiger partial charge is 0.376 e. The second-order valence-electron chi connectivity index (χ2n) is 5.95. The molecule has 0 aromatic rings. The van der Waals surface area contributed by atoms with Crippen LogP contribution in [0.5, 0.6) is 0 Å². The van der Waals surface area contributed by atoms with Gasteiger partial charge in [-0.15, -0.1) is 0 Å². The van der Waals surface area contributed by atoms with E-state index in [4.69, 9.17) is 4.74 Å². The van der Waals surface area contributed by atoms with Crippen molar-refractivity contribution in [2.24, 2.45) is 5.92 Å². The van der Waals surface area contributed by atoms with Crippen LogP contribution < -0.4 is 5.32 Å². The fraction of sp³-hybridized carbons (Fsp3) is 0.929. The van der Waals surface area contributed by atoms with Crippen LogP contribution in [0.3, 0.4) is 0 Å². The Kier molecular flexibility index (Phi) is 4.28. The number of hydrogen-bond acceptors (Lipinski definition) is 3. The van der Waals surface area contributed by atoms with E-state index in [1.807, 2.05) is 0 Å². The molecule has 1 N–H and O–H groups in total. The second-order valence-corrected chi connectivity index (χ2v) is 5.95. The maximum Gasteiger partial charge on any atom is 0.241 e. The zero-order chi connectivity index (χ0) is 13.3. The third-order valence-electron chi connectivity index (χ3n) is 4.07. The van der Waals surface area contributed by atoms with Crippen LogP contribution in [0.25, 0.3) is 0 Å². The van der Waals surface area contributed by atoms with Crippen molar-refractivity contribution in [3.05, 3.63) is 0 Å². The fourth-order valence-electron chi connectivity index (χ4n) is 3.15.